The van der Waals surface area contributed by atoms with Gasteiger partial charge in [0, 0.05) is 38.0 Å². The van der Waals surface area contributed by atoms with Crippen LogP contribution in [0.2, 0.25) is 0 Å². The molecule has 1 N–H and O–H groups in total. The summed E-state index contributed by atoms with van der Waals surface area (Å²) < 4.78 is 6.98. The van der Waals surface area contributed by atoms with Gasteiger partial charge in [-0.3, -0.25) is 14.5 Å². The van der Waals surface area contributed by atoms with Crippen molar-refractivity contribution in [2.24, 2.45) is 7.05 Å². The minimum atomic E-state index is -0.157. The highest BCUT2D eigenvalue weighted by Gasteiger charge is 2.15. The highest BCUT2D eigenvalue weighted by atomic mass is 16.5. The second kappa shape index (κ2) is 4.85. The third kappa shape index (κ3) is 2.50. The Morgan fingerprint density at radius 3 is 2.84 bits per heavy atom. The molecule has 0 saturated carbocycles. The molecule has 3 heterocycles. The molecule has 1 fully saturated rings. The van der Waals surface area contributed by atoms with E-state index in [1.807, 2.05) is 18.1 Å². The van der Waals surface area contributed by atoms with Crippen molar-refractivity contribution >= 4 is 5.95 Å². The minimum absolute atomic E-state index is 0.157. The highest BCUT2D eigenvalue weighted by Crippen LogP contribution is 2.17. The van der Waals surface area contributed by atoms with Crippen LogP contribution in [0.4, 0.5) is 5.95 Å². The number of anilines is 1. The van der Waals surface area contributed by atoms with Crippen LogP contribution in [0, 0.1) is 0 Å². The van der Waals surface area contributed by atoms with Crippen LogP contribution in [0.1, 0.15) is 0 Å². The topological polar surface area (TPSA) is 76.0 Å². The average Bonchev–Trinajstić information content (AvgIpc) is 2.86. The van der Waals surface area contributed by atoms with E-state index in [0.29, 0.717) is 24.9 Å². The number of hydrogen-bond donors (Lipinski definition) is 1. The second-order valence-electron chi connectivity index (χ2n) is 4.46. The van der Waals surface area contributed by atoms with Crippen LogP contribution in [0.25, 0.3) is 11.3 Å². The molecule has 0 spiro atoms. The molecule has 0 bridgehead atoms. The monoisotopic (exact) mass is 261 g/mol. The first-order valence-electron chi connectivity index (χ1n) is 6.15. The summed E-state index contributed by atoms with van der Waals surface area (Å²) in [6.07, 6.45) is 3.54. The quantitative estimate of drug-likeness (QED) is 0.824. The van der Waals surface area contributed by atoms with Crippen LogP contribution in [0.15, 0.2) is 23.3 Å². The van der Waals surface area contributed by atoms with Gasteiger partial charge in [0.2, 0.25) is 5.95 Å². The van der Waals surface area contributed by atoms with Crippen molar-refractivity contribution in [1.29, 1.82) is 0 Å². The molecular weight excluding hydrogens is 246 g/mol. The van der Waals surface area contributed by atoms with Crippen molar-refractivity contribution in [3.63, 3.8) is 0 Å². The van der Waals surface area contributed by atoms with Gasteiger partial charge in [-0.15, -0.1) is 0 Å². The number of H-pyrrole nitrogens is 1. The van der Waals surface area contributed by atoms with Gasteiger partial charge in [-0.25, -0.2) is 4.98 Å². The SMILES string of the molecule is Cn1cc(-c2cc(=O)[nH]c(N3CCOCC3)n2)cn1. The molecule has 0 aromatic carbocycles. The molecule has 1 saturated heterocycles. The maximum Gasteiger partial charge on any atom is 0.252 e. The third-order valence-corrected chi connectivity index (χ3v) is 3.04. The fourth-order valence-corrected chi connectivity index (χ4v) is 2.07. The highest BCUT2D eigenvalue weighted by molar-refractivity contribution is 5.58. The minimum Gasteiger partial charge on any atom is -0.378 e. The van der Waals surface area contributed by atoms with E-state index in [0.717, 1.165) is 18.7 Å². The molecule has 2 aromatic rings. The molecule has 0 radical (unpaired) electrons. The summed E-state index contributed by atoms with van der Waals surface area (Å²) in [7, 11) is 1.83. The van der Waals surface area contributed by atoms with Crippen molar-refractivity contribution in [2.75, 3.05) is 31.2 Å². The van der Waals surface area contributed by atoms with Crippen LogP contribution in [-0.4, -0.2) is 46.1 Å². The maximum absolute atomic E-state index is 11.8. The first-order chi connectivity index (χ1) is 9.22. The fourth-order valence-electron chi connectivity index (χ4n) is 2.07. The average molecular weight is 261 g/mol. The molecule has 100 valence electrons. The smallest absolute Gasteiger partial charge is 0.252 e. The summed E-state index contributed by atoms with van der Waals surface area (Å²) in [6, 6.07) is 1.49. The van der Waals surface area contributed by atoms with Gasteiger partial charge in [0.25, 0.3) is 5.56 Å². The van der Waals surface area contributed by atoms with E-state index in [9.17, 15) is 4.79 Å². The van der Waals surface area contributed by atoms with E-state index < -0.39 is 0 Å². The van der Waals surface area contributed by atoms with Gasteiger partial charge in [0.05, 0.1) is 25.1 Å². The zero-order valence-electron chi connectivity index (χ0n) is 10.7. The zero-order valence-corrected chi connectivity index (χ0v) is 10.7. The normalized spacial score (nSPS) is 15.7. The lowest BCUT2D eigenvalue weighted by atomic mass is 10.2. The zero-order chi connectivity index (χ0) is 13.2. The summed E-state index contributed by atoms with van der Waals surface area (Å²) >= 11 is 0. The van der Waals surface area contributed by atoms with E-state index >= 15 is 0 Å². The molecule has 3 rings (SSSR count). The van der Waals surface area contributed by atoms with Gasteiger partial charge >= 0.3 is 0 Å². The molecule has 0 amide bonds. The number of aromatic amines is 1. The molecule has 7 nitrogen and oxygen atoms in total. The Bertz CT molecular complexity index is 627. The number of ether oxygens (including phenoxy) is 1. The number of morpholine rings is 1. The summed E-state index contributed by atoms with van der Waals surface area (Å²) in [5.41, 5.74) is 1.32. The number of rotatable bonds is 2. The molecule has 0 unspecified atom stereocenters. The number of hydrogen-bond acceptors (Lipinski definition) is 5. The number of aryl methyl sites for hydroxylation is 1. The van der Waals surface area contributed by atoms with Crippen LogP contribution < -0.4 is 10.5 Å². The standard InChI is InChI=1S/C12H15N5O2/c1-16-8-9(7-13-16)10-6-11(18)15-12(14-10)17-2-4-19-5-3-17/h6-8H,2-5H2,1H3,(H,14,15,18). The largest absolute Gasteiger partial charge is 0.378 e. The van der Waals surface area contributed by atoms with E-state index in [1.165, 1.54) is 6.07 Å². The number of nitrogens with zero attached hydrogens (tertiary/aromatic N) is 4. The van der Waals surface area contributed by atoms with Gasteiger partial charge in [0.15, 0.2) is 0 Å². The van der Waals surface area contributed by atoms with Crippen molar-refractivity contribution in [3.8, 4) is 11.3 Å². The second-order valence-corrected chi connectivity index (χ2v) is 4.46. The molecule has 7 heteroatoms. The van der Waals surface area contributed by atoms with Gasteiger partial charge in [-0.1, -0.05) is 0 Å². The van der Waals surface area contributed by atoms with Crippen LogP contribution >= 0.6 is 0 Å². The Kier molecular flexibility index (Phi) is 3.04. The van der Waals surface area contributed by atoms with Crippen LogP contribution in [0.3, 0.4) is 0 Å². The van der Waals surface area contributed by atoms with Gasteiger partial charge in [-0.05, 0) is 0 Å². The van der Waals surface area contributed by atoms with Crippen LogP contribution in [0.5, 0.6) is 0 Å². The number of nitrogens with one attached hydrogen (secondary N) is 1. The lowest BCUT2D eigenvalue weighted by Crippen LogP contribution is -2.38. The van der Waals surface area contributed by atoms with Crippen LogP contribution in [-0.2, 0) is 11.8 Å². The van der Waals surface area contributed by atoms with Crippen molar-refractivity contribution in [1.82, 2.24) is 19.7 Å². The Morgan fingerprint density at radius 1 is 1.37 bits per heavy atom. The number of aromatic nitrogens is 4. The van der Waals surface area contributed by atoms with Crippen molar-refractivity contribution in [2.45, 2.75) is 0 Å². The predicted octanol–water partition coefficient (Wildman–Crippen LogP) is 0.00700. The summed E-state index contributed by atoms with van der Waals surface area (Å²) in [6.45, 7) is 2.78. The first-order valence-corrected chi connectivity index (χ1v) is 6.15. The third-order valence-electron chi connectivity index (χ3n) is 3.04. The van der Waals surface area contributed by atoms with E-state index in [1.54, 1.807) is 10.9 Å². The maximum atomic E-state index is 11.8. The molecule has 0 atom stereocenters. The van der Waals surface area contributed by atoms with Gasteiger partial charge in [-0.2, -0.15) is 5.10 Å². The van der Waals surface area contributed by atoms with E-state index in [-0.39, 0.29) is 5.56 Å². The molecule has 2 aromatic heterocycles. The summed E-state index contributed by atoms with van der Waals surface area (Å²) in [5.74, 6) is 0.592. The first kappa shape index (κ1) is 11.9. The summed E-state index contributed by atoms with van der Waals surface area (Å²) in [5, 5.41) is 4.10. The fraction of sp³-hybridized carbons (Fsp3) is 0.417. The molecular formula is C12H15N5O2. The van der Waals surface area contributed by atoms with Gasteiger partial charge in [0.1, 0.15) is 0 Å². The molecule has 1 aliphatic heterocycles. The summed E-state index contributed by atoms with van der Waals surface area (Å²) in [4.78, 5) is 21.0. The van der Waals surface area contributed by atoms with Gasteiger partial charge < -0.3 is 9.64 Å². The molecule has 19 heavy (non-hydrogen) atoms. The predicted molar refractivity (Wildman–Crippen MR) is 70.1 cm³/mol. The van der Waals surface area contributed by atoms with Crippen molar-refractivity contribution in [3.05, 3.63) is 28.8 Å². The Morgan fingerprint density at radius 2 is 2.16 bits per heavy atom. The molecule has 0 aliphatic carbocycles. The Balaban J connectivity index is 1.98. The van der Waals surface area contributed by atoms with E-state index in [2.05, 4.69) is 15.1 Å². The Hall–Kier alpha value is -2.15. The Labute approximate surface area is 109 Å². The molecule has 1 aliphatic rings. The van der Waals surface area contributed by atoms with E-state index in [4.69, 9.17) is 4.74 Å². The van der Waals surface area contributed by atoms with Crippen molar-refractivity contribution < 1.29 is 4.74 Å². The lowest BCUT2D eigenvalue weighted by Gasteiger charge is -2.27. The lowest BCUT2D eigenvalue weighted by molar-refractivity contribution is 0.122.